The fourth-order valence-electron chi connectivity index (χ4n) is 3.92. The van der Waals surface area contributed by atoms with Gasteiger partial charge in [0.05, 0.1) is 18.8 Å². The quantitative estimate of drug-likeness (QED) is 0.272. The average molecular weight is 529 g/mol. The molecule has 0 amide bonds. The van der Waals surface area contributed by atoms with Crippen molar-refractivity contribution in [2.75, 3.05) is 18.2 Å². The number of benzene rings is 2. The molecule has 0 saturated heterocycles. The van der Waals surface area contributed by atoms with E-state index >= 15 is 0 Å². The molecule has 10 heteroatoms. The Bertz CT molecular complexity index is 1290. The number of fused-ring (bicyclic) bond motifs is 1. The van der Waals surface area contributed by atoms with E-state index in [0.717, 1.165) is 16.9 Å². The van der Waals surface area contributed by atoms with Gasteiger partial charge in [-0.15, -0.1) is 5.10 Å². The van der Waals surface area contributed by atoms with Gasteiger partial charge < -0.3 is 19.5 Å². The number of halogens is 1. The molecule has 0 bridgehead atoms. The van der Waals surface area contributed by atoms with Crippen molar-refractivity contribution >= 4 is 35.3 Å². The molecule has 1 aliphatic rings. The van der Waals surface area contributed by atoms with Crippen molar-refractivity contribution in [3.8, 4) is 11.5 Å². The monoisotopic (exact) mass is 528 g/mol. The molecule has 0 aliphatic carbocycles. The molecule has 1 aliphatic heterocycles. The molecule has 1 aromatic heterocycles. The smallest absolute Gasteiger partial charge is 0.338 e. The summed E-state index contributed by atoms with van der Waals surface area (Å²) >= 11 is 7.81. The normalized spacial score (nSPS) is 14.9. The lowest BCUT2D eigenvalue weighted by molar-refractivity contribution is -0.143. The van der Waals surface area contributed by atoms with Crippen molar-refractivity contribution in [1.29, 1.82) is 0 Å². The Balaban J connectivity index is 1.73. The van der Waals surface area contributed by atoms with Crippen molar-refractivity contribution in [2.24, 2.45) is 0 Å². The van der Waals surface area contributed by atoms with Crippen molar-refractivity contribution in [2.45, 2.75) is 51.6 Å². The number of carbonyl (C=O) groups excluding carboxylic acids is 1. The van der Waals surface area contributed by atoms with Gasteiger partial charge in [0.25, 0.3) is 0 Å². The summed E-state index contributed by atoms with van der Waals surface area (Å²) < 4.78 is 19.0. The largest absolute Gasteiger partial charge is 0.493 e. The van der Waals surface area contributed by atoms with Crippen LogP contribution in [0.4, 0.5) is 5.95 Å². The van der Waals surface area contributed by atoms with E-state index in [-0.39, 0.29) is 6.10 Å². The maximum atomic E-state index is 13.2. The van der Waals surface area contributed by atoms with E-state index in [4.69, 9.17) is 25.8 Å². The predicted molar refractivity (Wildman–Crippen MR) is 141 cm³/mol. The van der Waals surface area contributed by atoms with Gasteiger partial charge in [0, 0.05) is 16.3 Å². The SMILES string of the molecule is CCSc1nc2n(n1)C(c1ccc(OCc3ccccc3Cl)c(OC)c1)C(C(=O)OC(C)C)=C(C)N2. The van der Waals surface area contributed by atoms with E-state index < -0.39 is 12.0 Å². The van der Waals surface area contributed by atoms with Gasteiger partial charge >= 0.3 is 5.97 Å². The van der Waals surface area contributed by atoms with Crippen molar-refractivity contribution in [3.63, 3.8) is 0 Å². The molecule has 8 nitrogen and oxygen atoms in total. The van der Waals surface area contributed by atoms with E-state index in [1.165, 1.54) is 11.8 Å². The lowest BCUT2D eigenvalue weighted by Crippen LogP contribution is -2.30. The summed E-state index contributed by atoms with van der Waals surface area (Å²) in [5, 5.41) is 9.16. The number of nitrogens with one attached hydrogen (secondary N) is 1. The number of carbonyl (C=O) groups is 1. The zero-order valence-corrected chi connectivity index (χ0v) is 22.4. The molecule has 2 aromatic carbocycles. The van der Waals surface area contributed by atoms with Crippen LogP contribution < -0.4 is 14.8 Å². The minimum Gasteiger partial charge on any atom is -0.493 e. The lowest BCUT2D eigenvalue weighted by atomic mass is 9.95. The van der Waals surface area contributed by atoms with E-state index in [1.54, 1.807) is 11.8 Å². The average Bonchev–Trinajstić information content (AvgIpc) is 3.24. The van der Waals surface area contributed by atoms with Crippen LogP contribution in [0.15, 0.2) is 58.9 Å². The van der Waals surface area contributed by atoms with Crippen LogP contribution in [0.5, 0.6) is 11.5 Å². The van der Waals surface area contributed by atoms with Gasteiger partial charge in [0.1, 0.15) is 12.6 Å². The van der Waals surface area contributed by atoms with E-state index in [0.29, 0.717) is 45.5 Å². The Morgan fingerprint density at radius 3 is 2.69 bits per heavy atom. The minimum atomic E-state index is -0.558. The second kappa shape index (κ2) is 11.3. The highest BCUT2D eigenvalue weighted by Crippen LogP contribution is 2.40. The third-order valence-electron chi connectivity index (χ3n) is 5.51. The first-order valence-corrected chi connectivity index (χ1v) is 13.0. The van der Waals surface area contributed by atoms with E-state index in [2.05, 4.69) is 15.4 Å². The Morgan fingerprint density at radius 2 is 2.00 bits per heavy atom. The lowest BCUT2D eigenvalue weighted by Gasteiger charge is -2.29. The molecule has 3 aromatic rings. The maximum Gasteiger partial charge on any atom is 0.338 e. The van der Waals surface area contributed by atoms with Gasteiger partial charge in [-0.05, 0) is 50.3 Å². The van der Waals surface area contributed by atoms with Gasteiger partial charge in [-0.2, -0.15) is 4.98 Å². The first-order valence-electron chi connectivity index (χ1n) is 11.6. The summed E-state index contributed by atoms with van der Waals surface area (Å²) in [6, 6.07) is 12.5. The highest BCUT2D eigenvalue weighted by molar-refractivity contribution is 7.99. The maximum absolute atomic E-state index is 13.2. The molecule has 1 unspecified atom stereocenters. The number of hydrogen-bond donors (Lipinski definition) is 1. The first kappa shape index (κ1) is 25.9. The van der Waals surface area contributed by atoms with Gasteiger partial charge in [0.2, 0.25) is 11.1 Å². The van der Waals surface area contributed by atoms with Crippen LogP contribution in [-0.4, -0.2) is 39.7 Å². The van der Waals surface area contributed by atoms with Gasteiger partial charge in [-0.1, -0.05) is 54.6 Å². The number of nitrogens with zero attached hydrogens (tertiary/aromatic N) is 3. The third kappa shape index (κ3) is 5.47. The van der Waals surface area contributed by atoms with Crippen molar-refractivity contribution < 1.29 is 19.0 Å². The molecule has 0 spiro atoms. The van der Waals surface area contributed by atoms with E-state index in [1.807, 2.05) is 70.2 Å². The van der Waals surface area contributed by atoms with Crippen LogP contribution in [0.2, 0.25) is 5.02 Å². The first-order chi connectivity index (χ1) is 17.3. The molecule has 1 N–H and O–H groups in total. The number of hydrogen-bond acceptors (Lipinski definition) is 8. The van der Waals surface area contributed by atoms with Crippen LogP contribution in [0.25, 0.3) is 0 Å². The number of anilines is 1. The number of thioether (sulfide) groups is 1. The highest BCUT2D eigenvalue weighted by atomic mass is 35.5. The molecule has 0 radical (unpaired) electrons. The third-order valence-corrected chi connectivity index (χ3v) is 6.60. The van der Waals surface area contributed by atoms with Crippen LogP contribution in [0.3, 0.4) is 0 Å². The molecular weight excluding hydrogens is 500 g/mol. The number of allylic oxidation sites excluding steroid dienone is 1. The number of aromatic nitrogens is 3. The summed E-state index contributed by atoms with van der Waals surface area (Å²) in [4.78, 5) is 17.8. The second-order valence-corrected chi connectivity index (χ2v) is 10.0. The summed E-state index contributed by atoms with van der Waals surface area (Å²) in [7, 11) is 1.58. The fourth-order valence-corrected chi connectivity index (χ4v) is 4.66. The molecule has 1 atom stereocenters. The predicted octanol–water partition coefficient (Wildman–Crippen LogP) is 5.87. The molecule has 2 heterocycles. The van der Waals surface area contributed by atoms with Gasteiger partial charge in [-0.25, -0.2) is 9.48 Å². The Labute approximate surface area is 220 Å². The number of methoxy groups -OCH3 is 1. The number of esters is 1. The van der Waals surface area contributed by atoms with Crippen LogP contribution in [0.1, 0.15) is 44.9 Å². The minimum absolute atomic E-state index is 0.267. The van der Waals surface area contributed by atoms with E-state index in [9.17, 15) is 4.79 Å². The summed E-state index contributed by atoms with van der Waals surface area (Å²) in [6.45, 7) is 7.82. The molecular formula is C26H29ClN4O4S. The number of ether oxygens (including phenoxy) is 3. The molecule has 190 valence electrons. The fraction of sp³-hybridized carbons (Fsp3) is 0.346. The Hall–Kier alpha value is -3.17. The Kier molecular flexibility index (Phi) is 8.11. The van der Waals surface area contributed by atoms with Gasteiger partial charge in [0.15, 0.2) is 11.5 Å². The summed E-state index contributed by atoms with van der Waals surface area (Å²) in [6.07, 6.45) is -0.267. The number of rotatable bonds is 9. The van der Waals surface area contributed by atoms with Crippen molar-refractivity contribution in [1.82, 2.24) is 14.8 Å². The van der Waals surface area contributed by atoms with Gasteiger partial charge in [-0.3, -0.25) is 0 Å². The summed E-state index contributed by atoms with van der Waals surface area (Å²) in [5.74, 6) is 2.06. The molecule has 36 heavy (non-hydrogen) atoms. The highest BCUT2D eigenvalue weighted by Gasteiger charge is 2.36. The summed E-state index contributed by atoms with van der Waals surface area (Å²) in [5.41, 5.74) is 2.78. The molecule has 4 rings (SSSR count). The van der Waals surface area contributed by atoms with Crippen LogP contribution in [0, 0.1) is 0 Å². The zero-order valence-electron chi connectivity index (χ0n) is 20.9. The Morgan fingerprint density at radius 1 is 1.22 bits per heavy atom. The zero-order chi connectivity index (χ0) is 25.8. The molecule has 0 saturated carbocycles. The van der Waals surface area contributed by atoms with Crippen LogP contribution in [-0.2, 0) is 16.1 Å². The topological polar surface area (TPSA) is 87.5 Å². The van der Waals surface area contributed by atoms with Crippen LogP contribution >= 0.6 is 23.4 Å². The van der Waals surface area contributed by atoms with Crippen molar-refractivity contribution in [3.05, 3.63) is 69.9 Å². The standard InChI is InChI=1S/C26H29ClN4O4S/c1-6-36-26-29-25-28-16(4)22(24(32)35-15(2)3)23(31(25)30-26)17-11-12-20(21(13-17)33-5)34-14-18-9-7-8-10-19(18)27/h7-13,15,23H,6,14H2,1-5H3,(H,28,29,30). The second-order valence-electron chi connectivity index (χ2n) is 8.41. The molecule has 0 fully saturated rings.